The van der Waals surface area contributed by atoms with E-state index >= 15 is 0 Å². The minimum absolute atomic E-state index is 0.115. The molecule has 1 aliphatic heterocycles. The van der Waals surface area contributed by atoms with E-state index in [4.69, 9.17) is 9.84 Å². The minimum Gasteiger partial charge on any atom is -0.481 e. The number of halogens is 3. The molecular formula is C8H11F3O3. The summed E-state index contributed by atoms with van der Waals surface area (Å²) in [5.74, 6) is -3.08. The summed E-state index contributed by atoms with van der Waals surface area (Å²) in [5, 5.41) is 8.66. The molecule has 1 fully saturated rings. The Bertz CT molecular complexity index is 214. The van der Waals surface area contributed by atoms with Crippen molar-refractivity contribution in [2.75, 3.05) is 13.2 Å². The third-order valence-electron chi connectivity index (χ3n) is 2.31. The molecule has 1 aliphatic rings. The van der Waals surface area contributed by atoms with Crippen molar-refractivity contribution in [1.29, 1.82) is 0 Å². The van der Waals surface area contributed by atoms with Crippen LogP contribution in [-0.4, -0.2) is 30.5 Å². The van der Waals surface area contributed by atoms with E-state index in [2.05, 4.69) is 0 Å². The van der Waals surface area contributed by atoms with E-state index < -0.39 is 30.4 Å². The van der Waals surface area contributed by atoms with Gasteiger partial charge in [-0.2, -0.15) is 13.2 Å². The topological polar surface area (TPSA) is 46.5 Å². The highest BCUT2D eigenvalue weighted by Gasteiger charge is 2.39. The van der Waals surface area contributed by atoms with Crippen molar-refractivity contribution in [2.45, 2.75) is 19.0 Å². The molecule has 6 heteroatoms. The lowest BCUT2D eigenvalue weighted by Gasteiger charge is -2.29. The SMILES string of the molecule is O=C(O)C1COCCC1CC(F)(F)F. The smallest absolute Gasteiger partial charge is 0.389 e. The average Bonchev–Trinajstić information content (AvgIpc) is 2.01. The van der Waals surface area contributed by atoms with Crippen molar-refractivity contribution >= 4 is 5.97 Å². The zero-order chi connectivity index (χ0) is 10.8. The molecule has 0 saturated carbocycles. The van der Waals surface area contributed by atoms with Crippen LogP contribution < -0.4 is 0 Å². The van der Waals surface area contributed by atoms with Crippen LogP contribution in [0.3, 0.4) is 0 Å². The van der Waals surface area contributed by atoms with Gasteiger partial charge in [-0.3, -0.25) is 4.79 Å². The molecule has 2 atom stereocenters. The van der Waals surface area contributed by atoms with Crippen LogP contribution in [-0.2, 0) is 9.53 Å². The van der Waals surface area contributed by atoms with Gasteiger partial charge in [0, 0.05) is 13.0 Å². The number of aliphatic carboxylic acids is 1. The van der Waals surface area contributed by atoms with E-state index in [1.165, 1.54) is 0 Å². The second-order valence-corrected chi connectivity index (χ2v) is 3.39. The maximum absolute atomic E-state index is 12.0. The van der Waals surface area contributed by atoms with Crippen LogP contribution in [0, 0.1) is 11.8 Å². The van der Waals surface area contributed by atoms with Gasteiger partial charge in [0.25, 0.3) is 0 Å². The Balaban J connectivity index is 2.59. The molecule has 0 aromatic rings. The second kappa shape index (κ2) is 4.16. The van der Waals surface area contributed by atoms with Crippen molar-refractivity contribution < 1.29 is 27.8 Å². The standard InChI is InChI=1S/C8H11F3O3/c9-8(10,11)3-5-1-2-14-4-6(5)7(12)13/h5-6H,1-4H2,(H,12,13). The number of hydrogen-bond acceptors (Lipinski definition) is 2. The zero-order valence-electron chi connectivity index (χ0n) is 7.38. The number of ether oxygens (including phenoxy) is 1. The normalized spacial score (nSPS) is 28.8. The maximum Gasteiger partial charge on any atom is 0.389 e. The van der Waals surface area contributed by atoms with Gasteiger partial charge in [-0.25, -0.2) is 0 Å². The first-order valence-corrected chi connectivity index (χ1v) is 4.27. The van der Waals surface area contributed by atoms with Crippen LogP contribution in [0.1, 0.15) is 12.8 Å². The van der Waals surface area contributed by atoms with Crippen LogP contribution in [0.15, 0.2) is 0 Å². The number of alkyl halides is 3. The number of hydrogen-bond donors (Lipinski definition) is 1. The Labute approximate surface area is 78.9 Å². The lowest BCUT2D eigenvalue weighted by molar-refractivity contribution is -0.168. The Hall–Kier alpha value is -0.780. The Morgan fingerprint density at radius 2 is 2.14 bits per heavy atom. The van der Waals surface area contributed by atoms with E-state index in [1.807, 2.05) is 0 Å². The van der Waals surface area contributed by atoms with Crippen molar-refractivity contribution in [2.24, 2.45) is 11.8 Å². The molecule has 14 heavy (non-hydrogen) atoms. The summed E-state index contributed by atoms with van der Waals surface area (Å²) in [6, 6.07) is 0. The second-order valence-electron chi connectivity index (χ2n) is 3.39. The van der Waals surface area contributed by atoms with Gasteiger partial charge in [0.2, 0.25) is 0 Å². The predicted molar refractivity (Wildman–Crippen MR) is 40.7 cm³/mol. The third kappa shape index (κ3) is 3.17. The summed E-state index contributed by atoms with van der Waals surface area (Å²) in [7, 11) is 0. The summed E-state index contributed by atoms with van der Waals surface area (Å²) in [6.07, 6.45) is -5.17. The molecule has 2 unspecified atom stereocenters. The molecule has 1 saturated heterocycles. The van der Waals surface area contributed by atoms with Crippen LogP contribution in [0.25, 0.3) is 0 Å². The first kappa shape index (κ1) is 11.3. The summed E-state index contributed by atoms with van der Waals surface area (Å²) < 4.78 is 41.0. The van der Waals surface area contributed by atoms with Gasteiger partial charge >= 0.3 is 12.1 Å². The first-order valence-electron chi connectivity index (χ1n) is 4.27. The highest BCUT2D eigenvalue weighted by Crippen LogP contribution is 2.33. The maximum atomic E-state index is 12.0. The third-order valence-corrected chi connectivity index (χ3v) is 2.31. The molecule has 0 amide bonds. The Morgan fingerprint density at radius 3 is 2.64 bits per heavy atom. The number of rotatable bonds is 2. The lowest BCUT2D eigenvalue weighted by Crippen LogP contribution is -2.36. The van der Waals surface area contributed by atoms with Crippen LogP contribution in [0.5, 0.6) is 0 Å². The summed E-state index contributed by atoms with van der Waals surface area (Å²) in [4.78, 5) is 10.6. The molecule has 1 heterocycles. The highest BCUT2D eigenvalue weighted by molar-refractivity contribution is 5.70. The zero-order valence-corrected chi connectivity index (χ0v) is 7.38. The molecule has 0 aliphatic carbocycles. The highest BCUT2D eigenvalue weighted by atomic mass is 19.4. The fourth-order valence-electron chi connectivity index (χ4n) is 1.60. The van der Waals surface area contributed by atoms with Gasteiger partial charge in [-0.05, 0) is 12.3 Å². The average molecular weight is 212 g/mol. The van der Waals surface area contributed by atoms with Gasteiger partial charge in [0.05, 0.1) is 12.5 Å². The molecule has 82 valence electrons. The minimum atomic E-state index is -4.30. The van der Waals surface area contributed by atoms with E-state index in [1.54, 1.807) is 0 Å². The molecule has 0 aromatic carbocycles. The lowest BCUT2D eigenvalue weighted by atomic mass is 9.86. The molecule has 0 bridgehead atoms. The van der Waals surface area contributed by atoms with Crippen LogP contribution in [0.2, 0.25) is 0 Å². The van der Waals surface area contributed by atoms with Crippen LogP contribution in [0.4, 0.5) is 13.2 Å². The molecule has 0 aromatic heterocycles. The quantitative estimate of drug-likeness (QED) is 0.757. The van der Waals surface area contributed by atoms with Crippen molar-refractivity contribution in [3.05, 3.63) is 0 Å². The Morgan fingerprint density at radius 1 is 1.50 bits per heavy atom. The Kier molecular flexibility index (Phi) is 3.36. The fraction of sp³-hybridized carbons (Fsp3) is 0.875. The van der Waals surface area contributed by atoms with Crippen molar-refractivity contribution in [3.8, 4) is 0 Å². The summed E-state index contributed by atoms with van der Waals surface area (Å²) in [6.45, 7) is 0.0978. The monoisotopic (exact) mass is 212 g/mol. The summed E-state index contributed by atoms with van der Waals surface area (Å²) >= 11 is 0. The molecule has 0 spiro atoms. The van der Waals surface area contributed by atoms with Gasteiger partial charge < -0.3 is 9.84 Å². The predicted octanol–water partition coefficient (Wildman–Crippen LogP) is 1.68. The van der Waals surface area contributed by atoms with Crippen molar-refractivity contribution in [3.63, 3.8) is 0 Å². The molecular weight excluding hydrogens is 201 g/mol. The number of carbonyl (C=O) groups is 1. The molecule has 1 N–H and O–H groups in total. The van der Waals surface area contributed by atoms with Gasteiger partial charge in [0.15, 0.2) is 0 Å². The number of carboxylic acid groups (broad SMARTS) is 1. The first-order chi connectivity index (χ1) is 6.40. The van der Waals surface area contributed by atoms with Crippen molar-refractivity contribution in [1.82, 2.24) is 0 Å². The van der Waals surface area contributed by atoms with E-state index in [-0.39, 0.29) is 19.6 Å². The largest absolute Gasteiger partial charge is 0.481 e. The van der Waals surface area contributed by atoms with E-state index in [0.29, 0.717) is 0 Å². The molecule has 1 rings (SSSR count). The van der Waals surface area contributed by atoms with E-state index in [0.717, 1.165) is 0 Å². The van der Waals surface area contributed by atoms with E-state index in [9.17, 15) is 18.0 Å². The van der Waals surface area contributed by atoms with Gasteiger partial charge in [0.1, 0.15) is 0 Å². The fourth-order valence-corrected chi connectivity index (χ4v) is 1.60. The molecule has 0 radical (unpaired) electrons. The molecule has 3 nitrogen and oxygen atoms in total. The van der Waals surface area contributed by atoms with Gasteiger partial charge in [-0.1, -0.05) is 0 Å². The van der Waals surface area contributed by atoms with Crippen LogP contribution >= 0.6 is 0 Å². The van der Waals surface area contributed by atoms with Gasteiger partial charge in [-0.15, -0.1) is 0 Å². The number of carboxylic acids is 1. The summed E-state index contributed by atoms with van der Waals surface area (Å²) in [5.41, 5.74) is 0.